The minimum absolute atomic E-state index is 0.221. The van der Waals surface area contributed by atoms with Gasteiger partial charge < -0.3 is 10.8 Å². The van der Waals surface area contributed by atoms with Crippen molar-refractivity contribution in [1.82, 2.24) is 20.2 Å². The number of tetrazole rings is 1. The molecule has 0 atom stereocenters. The number of thioether (sulfide) groups is 1. The number of nitrogens with zero attached hydrogens (tertiary/aromatic N) is 4. The first-order chi connectivity index (χ1) is 8.31. The van der Waals surface area contributed by atoms with Gasteiger partial charge in [-0.3, -0.25) is 0 Å². The second-order valence-electron chi connectivity index (χ2n) is 3.38. The Kier molecular flexibility index (Phi) is 3.94. The van der Waals surface area contributed by atoms with E-state index in [4.69, 9.17) is 5.73 Å². The van der Waals surface area contributed by atoms with E-state index in [0.29, 0.717) is 6.54 Å². The highest BCUT2D eigenvalue weighted by atomic mass is 32.2. The van der Waals surface area contributed by atoms with Crippen LogP contribution < -0.4 is 5.73 Å². The van der Waals surface area contributed by atoms with E-state index in [1.54, 1.807) is 40.7 Å². The number of aromatic nitrogens is 4. The van der Waals surface area contributed by atoms with Crippen LogP contribution in [0.2, 0.25) is 0 Å². The molecule has 0 aliphatic heterocycles. The number of benzene rings is 1. The molecule has 0 aliphatic rings. The highest BCUT2D eigenvalue weighted by Crippen LogP contribution is 2.20. The standard InChI is InChI=1S/C10H13N5OS/c11-6-1-7-17-10-12-13-14-15(10)8-2-4-9(16)5-3-8/h2-5,16H,1,6-7,11H2. The predicted octanol–water partition coefficient (Wildman–Crippen LogP) is 0.809. The van der Waals surface area contributed by atoms with Crippen molar-refractivity contribution in [1.29, 1.82) is 0 Å². The molecule has 0 radical (unpaired) electrons. The van der Waals surface area contributed by atoms with Crippen molar-refractivity contribution < 1.29 is 5.11 Å². The van der Waals surface area contributed by atoms with Gasteiger partial charge >= 0.3 is 0 Å². The Bertz CT molecular complexity index is 470. The summed E-state index contributed by atoms with van der Waals surface area (Å²) in [6.07, 6.45) is 0.924. The first kappa shape index (κ1) is 11.9. The number of hydrogen-bond acceptors (Lipinski definition) is 6. The van der Waals surface area contributed by atoms with Crippen LogP contribution in [0.15, 0.2) is 29.4 Å². The van der Waals surface area contributed by atoms with Crippen LogP contribution in [0.4, 0.5) is 0 Å². The zero-order valence-corrected chi connectivity index (χ0v) is 9.97. The van der Waals surface area contributed by atoms with Crippen molar-refractivity contribution in [3.63, 3.8) is 0 Å². The first-order valence-electron chi connectivity index (χ1n) is 5.22. The summed E-state index contributed by atoms with van der Waals surface area (Å²) in [5.74, 6) is 1.11. The van der Waals surface area contributed by atoms with Crippen molar-refractivity contribution in [2.75, 3.05) is 12.3 Å². The lowest BCUT2D eigenvalue weighted by Gasteiger charge is -2.03. The molecule has 6 nitrogen and oxygen atoms in total. The second-order valence-corrected chi connectivity index (χ2v) is 4.44. The fourth-order valence-corrected chi connectivity index (χ4v) is 2.12. The van der Waals surface area contributed by atoms with Crippen molar-refractivity contribution in [3.8, 4) is 11.4 Å². The summed E-state index contributed by atoms with van der Waals surface area (Å²) in [4.78, 5) is 0. The van der Waals surface area contributed by atoms with E-state index in [9.17, 15) is 5.11 Å². The molecular weight excluding hydrogens is 238 g/mol. The zero-order valence-electron chi connectivity index (χ0n) is 9.15. The lowest BCUT2D eigenvalue weighted by molar-refractivity contribution is 0.475. The molecular formula is C10H13N5OS. The molecule has 0 saturated carbocycles. The average Bonchev–Trinajstić information content (AvgIpc) is 2.79. The van der Waals surface area contributed by atoms with Gasteiger partial charge in [-0.2, -0.15) is 4.68 Å². The number of phenols is 1. The summed E-state index contributed by atoms with van der Waals surface area (Å²) in [5.41, 5.74) is 6.26. The fourth-order valence-electron chi connectivity index (χ4n) is 1.27. The third kappa shape index (κ3) is 2.95. The number of hydrogen-bond donors (Lipinski definition) is 2. The Balaban J connectivity index is 2.15. The van der Waals surface area contributed by atoms with Crippen molar-refractivity contribution in [2.45, 2.75) is 11.6 Å². The molecule has 2 rings (SSSR count). The Morgan fingerprint density at radius 3 is 2.76 bits per heavy atom. The highest BCUT2D eigenvalue weighted by Gasteiger charge is 2.08. The number of rotatable bonds is 5. The molecule has 7 heteroatoms. The summed E-state index contributed by atoms with van der Waals surface area (Å²) >= 11 is 1.56. The van der Waals surface area contributed by atoms with Crippen LogP contribution in [-0.2, 0) is 0 Å². The van der Waals surface area contributed by atoms with Gasteiger partial charge in [-0.05, 0) is 47.7 Å². The third-order valence-corrected chi connectivity index (χ3v) is 3.12. The van der Waals surface area contributed by atoms with E-state index in [1.807, 2.05) is 0 Å². The molecule has 3 N–H and O–H groups in total. The lowest BCUT2D eigenvalue weighted by Crippen LogP contribution is -2.02. The molecule has 17 heavy (non-hydrogen) atoms. The maximum Gasteiger partial charge on any atom is 0.214 e. The van der Waals surface area contributed by atoms with Gasteiger partial charge in [0.2, 0.25) is 5.16 Å². The minimum Gasteiger partial charge on any atom is -0.508 e. The van der Waals surface area contributed by atoms with Crippen LogP contribution in [0, 0.1) is 0 Å². The molecule has 0 unspecified atom stereocenters. The van der Waals surface area contributed by atoms with E-state index < -0.39 is 0 Å². The summed E-state index contributed by atoms with van der Waals surface area (Å²) in [7, 11) is 0. The number of nitrogens with two attached hydrogens (primary N) is 1. The van der Waals surface area contributed by atoms with Crippen molar-refractivity contribution >= 4 is 11.8 Å². The maximum absolute atomic E-state index is 9.22. The second kappa shape index (κ2) is 5.65. The van der Waals surface area contributed by atoms with Gasteiger partial charge in [0.25, 0.3) is 0 Å². The quantitative estimate of drug-likeness (QED) is 0.603. The van der Waals surface area contributed by atoms with Crippen molar-refractivity contribution in [3.05, 3.63) is 24.3 Å². The Labute approximate surface area is 103 Å². The van der Waals surface area contributed by atoms with Crippen LogP contribution in [0.1, 0.15) is 6.42 Å². The van der Waals surface area contributed by atoms with Crippen LogP contribution in [0.5, 0.6) is 5.75 Å². The molecule has 0 fully saturated rings. The summed E-state index contributed by atoms with van der Waals surface area (Å²) < 4.78 is 1.64. The average molecular weight is 251 g/mol. The van der Waals surface area contributed by atoms with Crippen molar-refractivity contribution in [2.24, 2.45) is 5.73 Å². The normalized spacial score (nSPS) is 10.6. The van der Waals surface area contributed by atoms with Crippen LogP contribution in [0.25, 0.3) is 5.69 Å². The molecule has 0 spiro atoms. The fraction of sp³-hybridized carbons (Fsp3) is 0.300. The molecule has 0 bridgehead atoms. The Morgan fingerprint density at radius 2 is 2.06 bits per heavy atom. The van der Waals surface area contributed by atoms with E-state index in [0.717, 1.165) is 23.0 Å². The SMILES string of the molecule is NCCCSc1nnnn1-c1ccc(O)cc1. The Morgan fingerprint density at radius 1 is 1.29 bits per heavy atom. The van der Waals surface area contributed by atoms with Gasteiger partial charge in [-0.15, -0.1) is 5.10 Å². The first-order valence-corrected chi connectivity index (χ1v) is 6.20. The largest absolute Gasteiger partial charge is 0.508 e. The molecule has 1 aromatic carbocycles. The third-order valence-electron chi connectivity index (χ3n) is 2.11. The summed E-state index contributed by atoms with van der Waals surface area (Å²) in [6.45, 7) is 0.660. The molecule has 90 valence electrons. The van der Waals surface area contributed by atoms with E-state index in [2.05, 4.69) is 15.5 Å². The monoisotopic (exact) mass is 251 g/mol. The number of aromatic hydroxyl groups is 1. The van der Waals surface area contributed by atoms with Gasteiger partial charge in [0.05, 0.1) is 5.69 Å². The van der Waals surface area contributed by atoms with E-state index >= 15 is 0 Å². The van der Waals surface area contributed by atoms with Gasteiger partial charge in [0.1, 0.15) is 5.75 Å². The zero-order chi connectivity index (χ0) is 12.1. The van der Waals surface area contributed by atoms with Gasteiger partial charge in [-0.25, -0.2) is 0 Å². The molecule has 0 amide bonds. The van der Waals surface area contributed by atoms with Crippen LogP contribution in [-0.4, -0.2) is 37.6 Å². The molecule has 0 saturated heterocycles. The van der Waals surface area contributed by atoms with Crippen LogP contribution >= 0.6 is 11.8 Å². The van der Waals surface area contributed by atoms with Gasteiger partial charge in [-0.1, -0.05) is 11.8 Å². The predicted molar refractivity (Wildman–Crippen MR) is 65.2 cm³/mol. The topological polar surface area (TPSA) is 89.9 Å². The summed E-state index contributed by atoms with van der Waals surface area (Å²) in [5, 5.41) is 21.5. The highest BCUT2D eigenvalue weighted by molar-refractivity contribution is 7.99. The van der Waals surface area contributed by atoms with E-state index in [-0.39, 0.29) is 5.75 Å². The van der Waals surface area contributed by atoms with Crippen LogP contribution in [0.3, 0.4) is 0 Å². The van der Waals surface area contributed by atoms with E-state index in [1.165, 1.54) is 0 Å². The maximum atomic E-state index is 9.22. The van der Waals surface area contributed by atoms with Gasteiger partial charge in [0.15, 0.2) is 0 Å². The van der Waals surface area contributed by atoms with Gasteiger partial charge in [0, 0.05) is 5.75 Å². The minimum atomic E-state index is 0.221. The smallest absolute Gasteiger partial charge is 0.214 e. The molecule has 2 aromatic rings. The lowest BCUT2D eigenvalue weighted by atomic mass is 10.3. The number of phenolic OH excluding ortho intramolecular Hbond substituents is 1. The summed E-state index contributed by atoms with van der Waals surface area (Å²) in [6, 6.07) is 6.73. The molecule has 0 aliphatic carbocycles. The molecule has 1 aromatic heterocycles. The Hall–Kier alpha value is -1.60. The molecule has 1 heterocycles.